The summed E-state index contributed by atoms with van der Waals surface area (Å²) in [6, 6.07) is 0. The predicted molar refractivity (Wildman–Crippen MR) is 47.2 cm³/mol. The molecule has 1 aromatic rings. The van der Waals surface area contributed by atoms with Gasteiger partial charge < -0.3 is 20.2 Å². The lowest BCUT2D eigenvalue weighted by Gasteiger charge is -2.20. The molecule has 1 unspecified atom stereocenters. The maximum atomic E-state index is 10.7. The number of aromatic nitrogens is 2. The molecule has 0 aromatic carbocycles. The van der Waals surface area contributed by atoms with Crippen molar-refractivity contribution in [2.45, 2.75) is 12.0 Å². The molecule has 0 radical (unpaired) electrons. The maximum absolute atomic E-state index is 10.7. The Kier molecular flexibility index (Phi) is 3.16. The molecule has 0 amide bonds. The summed E-state index contributed by atoms with van der Waals surface area (Å²) in [5.74, 6) is 0. The number of aldehydes is 1. The van der Waals surface area contributed by atoms with Crippen molar-refractivity contribution in [2.75, 3.05) is 13.7 Å². The zero-order chi connectivity index (χ0) is 9.73. The summed E-state index contributed by atoms with van der Waals surface area (Å²) < 4.78 is 4.86. The summed E-state index contributed by atoms with van der Waals surface area (Å²) in [7, 11) is 1.51. The zero-order valence-corrected chi connectivity index (χ0v) is 7.49. The van der Waals surface area contributed by atoms with Crippen LogP contribution < -0.4 is 5.73 Å². The van der Waals surface area contributed by atoms with E-state index >= 15 is 0 Å². The van der Waals surface area contributed by atoms with Crippen LogP contribution in [0.5, 0.6) is 0 Å². The minimum Gasteiger partial charge on any atom is -0.382 e. The topological polar surface area (TPSA) is 81.0 Å². The standard InChI is InChI=1S/C8H13N3O2/c1-13-5-8(9,4-12)2-7-3-10-6-11-7/h3-4,6H,2,5,9H2,1H3,(H,10,11). The second-order valence-corrected chi connectivity index (χ2v) is 3.04. The van der Waals surface area contributed by atoms with Crippen molar-refractivity contribution in [2.24, 2.45) is 5.73 Å². The first-order valence-corrected chi connectivity index (χ1v) is 3.91. The highest BCUT2D eigenvalue weighted by atomic mass is 16.5. The number of carbonyl (C=O) groups is 1. The van der Waals surface area contributed by atoms with Gasteiger partial charge in [-0.25, -0.2) is 4.98 Å². The summed E-state index contributed by atoms with van der Waals surface area (Å²) in [5, 5.41) is 0. The van der Waals surface area contributed by atoms with Gasteiger partial charge in [-0.2, -0.15) is 0 Å². The van der Waals surface area contributed by atoms with Crippen molar-refractivity contribution >= 4 is 6.29 Å². The van der Waals surface area contributed by atoms with Crippen molar-refractivity contribution in [1.82, 2.24) is 9.97 Å². The average Bonchev–Trinajstić information content (AvgIpc) is 2.57. The van der Waals surface area contributed by atoms with Crippen LogP contribution >= 0.6 is 0 Å². The van der Waals surface area contributed by atoms with E-state index in [0.717, 1.165) is 5.69 Å². The van der Waals surface area contributed by atoms with Gasteiger partial charge in [-0.1, -0.05) is 0 Å². The van der Waals surface area contributed by atoms with E-state index in [1.807, 2.05) is 0 Å². The van der Waals surface area contributed by atoms with E-state index in [-0.39, 0.29) is 6.61 Å². The molecule has 3 N–H and O–H groups in total. The Labute approximate surface area is 76.3 Å². The monoisotopic (exact) mass is 183 g/mol. The molecule has 0 fully saturated rings. The molecule has 0 aliphatic heterocycles. The normalized spacial score (nSPS) is 15.2. The molecule has 0 spiro atoms. The van der Waals surface area contributed by atoms with E-state index < -0.39 is 5.54 Å². The molecular weight excluding hydrogens is 170 g/mol. The van der Waals surface area contributed by atoms with Crippen LogP contribution in [0.1, 0.15) is 5.69 Å². The van der Waals surface area contributed by atoms with Gasteiger partial charge in [0.2, 0.25) is 0 Å². The lowest BCUT2D eigenvalue weighted by Crippen LogP contribution is -2.48. The number of hydrogen-bond acceptors (Lipinski definition) is 4. The fourth-order valence-corrected chi connectivity index (χ4v) is 1.13. The number of nitrogens with zero attached hydrogens (tertiary/aromatic N) is 1. The van der Waals surface area contributed by atoms with Gasteiger partial charge in [0.25, 0.3) is 0 Å². The molecule has 1 aromatic heterocycles. The Bertz CT molecular complexity index is 260. The van der Waals surface area contributed by atoms with Crippen LogP contribution in [0.15, 0.2) is 12.5 Å². The SMILES string of the molecule is COCC(N)(C=O)Cc1cnc[nH]1. The average molecular weight is 183 g/mol. The first-order valence-electron chi connectivity index (χ1n) is 3.91. The third-order valence-electron chi connectivity index (χ3n) is 1.72. The van der Waals surface area contributed by atoms with E-state index in [0.29, 0.717) is 12.7 Å². The third kappa shape index (κ3) is 2.64. The zero-order valence-electron chi connectivity index (χ0n) is 7.49. The quantitative estimate of drug-likeness (QED) is 0.603. The van der Waals surface area contributed by atoms with Crippen LogP contribution in [0.25, 0.3) is 0 Å². The number of methoxy groups -OCH3 is 1. The number of ether oxygens (including phenoxy) is 1. The fourth-order valence-electron chi connectivity index (χ4n) is 1.13. The minimum atomic E-state index is -0.957. The fraction of sp³-hybridized carbons (Fsp3) is 0.500. The summed E-state index contributed by atoms with van der Waals surface area (Å²) in [4.78, 5) is 17.4. The number of H-pyrrole nitrogens is 1. The number of nitrogens with two attached hydrogens (primary N) is 1. The molecule has 0 aliphatic carbocycles. The molecule has 0 saturated carbocycles. The first kappa shape index (κ1) is 9.88. The lowest BCUT2D eigenvalue weighted by atomic mass is 9.98. The summed E-state index contributed by atoms with van der Waals surface area (Å²) >= 11 is 0. The van der Waals surface area contributed by atoms with E-state index in [4.69, 9.17) is 10.5 Å². The Morgan fingerprint density at radius 3 is 3.08 bits per heavy atom. The molecule has 13 heavy (non-hydrogen) atoms. The van der Waals surface area contributed by atoms with Crippen LogP contribution in [0.4, 0.5) is 0 Å². The minimum absolute atomic E-state index is 0.204. The number of aromatic amines is 1. The Morgan fingerprint density at radius 2 is 2.62 bits per heavy atom. The summed E-state index contributed by atoms with van der Waals surface area (Å²) in [6.07, 6.45) is 4.30. The van der Waals surface area contributed by atoms with Crippen LogP contribution in [0.2, 0.25) is 0 Å². The van der Waals surface area contributed by atoms with Gasteiger partial charge in [-0.15, -0.1) is 0 Å². The molecular formula is C8H13N3O2. The summed E-state index contributed by atoms with van der Waals surface area (Å²) in [5.41, 5.74) is 5.63. The number of imidazole rings is 1. The van der Waals surface area contributed by atoms with Crippen molar-refractivity contribution in [3.63, 3.8) is 0 Å². The number of hydrogen-bond donors (Lipinski definition) is 2. The molecule has 5 heteroatoms. The van der Waals surface area contributed by atoms with Crippen molar-refractivity contribution in [3.05, 3.63) is 18.2 Å². The highest BCUT2D eigenvalue weighted by molar-refractivity contribution is 5.64. The highest BCUT2D eigenvalue weighted by Gasteiger charge is 2.25. The van der Waals surface area contributed by atoms with Gasteiger partial charge in [0.05, 0.1) is 12.9 Å². The third-order valence-corrected chi connectivity index (χ3v) is 1.72. The molecule has 1 heterocycles. The highest BCUT2D eigenvalue weighted by Crippen LogP contribution is 2.06. The molecule has 5 nitrogen and oxygen atoms in total. The lowest BCUT2D eigenvalue weighted by molar-refractivity contribution is -0.113. The van der Waals surface area contributed by atoms with Crippen LogP contribution in [0.3, 0.4) is 0 Å². The summed E-state index contributed by atoms with van der Waals surface area (Å²) in [6.45, 7) is 0.204. The molecule has 0 bridgehead atoms. The molecule has 0 aliphatic rings. The van der Waals surface area contributed by atoms with E-state index in [1.165, 1.54) is 7.11 Å². The Balaban J connectivity index is 2.63. The van der Waals surface area contributed by atoms with Crippen molar-refractivity contribution in [1.29, 1.82) is 0 Å². The predicted octanol–water partition coefficient (Wildman–Crippen LogP) is -0.505. The molecule has 1 atom stereocenters. The van der Waals surface area contributed by atoms with Gasteiger partial charge in [0.1, 0.15) is 11.8 Å². The number of nitrogens with one attached hydrogen (secondary N) is 1. The number of rotatable bonds is 5. The van der Waals surface area contributed by atoms with Gasteiger partial charge in [0, 0.05) is 25.4 Å². The van der Waals surface area contributed by atoms with Crippen molar-refractivity contribution in [3.8, 4) is 0 Å². The molecule has 1 rings (SSSR count). The van der Waals surface area contributed by atoms with Gasteiger partial charge in [0.15, 0.2) is 0 Å². The molecule has 72 valence electrons. The second-order valence-electron chi connectivity index (χ2n) is 3.04. The van der Waals surface area contributed by atoms with E-state index in [1.54, 1.807) is 12.5 Å². The van der Waals surface area contributed by atoms with Gasteiger partial charge in [-0.3, -0.25) is 0 Å². The van der Waals surface area contributed by atoms with Gasteiger partial charge >= 0.3 is 0 Å². The largest absolute Gasteiger partial charge is 0.382 e. The van der Waals surface area contributed by atoms with E-state index in [2.05, 4.69) is 9.97 Å². The second kappa shape index (κ2) is 4.15. The van der Waals surface area contributed by atoms with Crippen molar-refractivity contribution < 1.29 is 9.53 Å². The van der Waals surface area contributed by atoms with E-state index in [9.17, 15) is 4.79 Å². The van der Waals surface area contributed by atoms with Crippen LogP contribution in [0, 0.1) is 0 Å². The first-order chi connectivity index (χ1) is 6.20. The van der Waals surface area contributed by atoms with Crippen LogP contribution in [-0.4, -0.2) is 35.5 Å². The maximum Gasteiger partial charge on any atom is 0.142 e. The van der Waals surface area contributed by atoms with Crippen LogP contribution in [-0.2, 0) is 16.0 Å². The molecule has 0 saturated heterocycles. The number of carbonyl (C=O) groups excluding carboxylic acids is 1. The Hall–Kier alpha value is -1.20. The Morgan fingerprint density at radius 1 is 1.85 bits per heavy atom. The van der Waals surface area contributed by atoms with Gasteiger partial charge in [-0.05, 0) is 0 Å². The smallest absolute Gasteiger partial charge is 0.142 e.